The summed E-state index contributed by atoms with van der Waals surface area (Å²) in [6.07, 6.45) is 0. The molecule has 4 unspecified atom stereocenters. The van der Waals surface area contributed by atoms with Crippen molar-refractivity contribution in [3.05, 3.63) is 93.4 Å². The Morgan fingerprint density at radius 2 is 1.53 bits per heavy atom. The summed E-state index contributed by atoms with van der Waals surface area (Å²) >= 11 is 9.66. The molecule has 2 aliphatic heterocycles. The molecule has 3 aromatic rings. The van der Waals surface area contributed by atoms with Crippen LogP contribution in [0.5, 0.6) is 5.75 Å². The van der Waals surface area contributed by atoms with Crippen molar-refractivity contribution in [2.24, 2.45) is 5.92 Å². The van der Waals surface area contributed by atoms with Gasteiger partial charge in [-0.1, -0.05) is 51.8 Å². The molecule has 4 atom stereocenters. The smallest absolute Gasteiger partial charge is 0.246 e. The van der Waals surface area contributed by atoms with E-state index in [0.29, 0.717) is 11.6 Å². The lowest BCUT2D eigenvalue weighted by Crippen LogP contribution is -2.41. The number of anilines is 1. The van der Waals surface area contributed by atoms with Crippen LogP contribution in [0.25, 0.3) is 0 Å². The quantitative estimate of drug-likeness (QED) is 0.479. The number of amides is 1. The monoisotopic (exact) mass is 511 g/mol. The fourth-order valence-corrected chi connectivity index (χ4v) is 5.17. The van der Waals surface area contributed by atoms with Gasteiger partial charge in [0.05, 0.1) is 18.7 Å². The first-order valence-electron chi connectivity index (χ1n) is 10.6. The Hall–Kier alpha value is -2.38. The van der Waals surface area contributed by atoms with Crippen LogP contribution in [-0.4, -0.2) is 18.6 Å². The van der Waals surface area contributed by atoms with Crippen molar-refractivity contribution >= 4 is 39.1 Å². The number of carbonyl (C=O) groups is 1. The number of hydrogen-bond acceptors (Lipinski definition) is 4. The molecule has 5 nitrogen and oxygen atoms in total. The van der Waals surface area contributed by atoms with Gasteiger partial charge in [-0.2, -0.15) is 0 Å². The highest BCUT2D eigenvalue weighted by molar-refractivity contribution is 9.10. The SMILES string of the molecule is CCOc1ccc(C2NNC3C(=O)N(c4ccc(Br)cc4)C(c4ccc(Cl)cc4)C32)cc1. The van der Waals surface area contributed by atoms with Crippen LogP contribution in [0.15, 0.2) is 77.3 Å². The number of hydrazine groups is 1. The van der Waals surface area contributed by atoms with Gasteiger partial charge in [-0.05, 0) is 66.6 Å². The van der Waals surface area contributed by atoms with Crippen molar-refractivity contribution in [1.82, 2.24) is 10.9 Å². The van der Waals surface area contributed by atoms with Crippen molar-refractivity contribution in [1.29, 1.82) is 0 Å². The standard InChI is InChI=1S/C25H23BrClN3O2/c1-2-32-20-13-5-15(6-14-20)22-21-23(29-28-22)25(31)30(19-11-7-17(26)8-12-19)24(21)16-3-9-18(27)10-4-16/h3-14,21-24,28-29H,2H2,1H3. The van der Waals surface area contributed by atoms with Crippen molar-refractivity contribution in [2.75, 3.05) is 11.5 Å². The zero-order chi connectivity index (χ0) is 22.2. The van der Waals surface area contributed by atoms with Crippen LogP contribution in [0.2, 0.25) is 5.02 Å². The molecule has 1 amide bonds. The first-order valence-corrected chi connectivity index (χ1v) is 11.8. The average Bonchev–Trinajstić information content (AvgIpc) is 3.35. The minimum atomic E-state index is -0.337. The van der Waals surface area contributed by atoms with E-state index in [4.69, 9.17) is 16.3 Å². The van der Waals surface area contributed by atoms with Gasteiger partial charge in [0, 0.05) is 21.1 Å². The van der Waals surface area contributed by atoms with Gasteiger partial charge < -0.3 is 9.64 Å². The van der Waals surface area contributed by atoms with Crippen LogP contribution >= 0.6 is 27.5 Å². The van der Waals surface area contributed by atoms with Crippen LogP contribution in [0.1, 0.15) is 30.1 Å². The molecule has 7 heteroatoms. The topological polar surface area (TPSA) is 53.6 Å². The molecular weight excluding hydrogens is 490 g/mol. The van der Waals surface area contributed by atoms with Gasteiger partial charge in [0.2, 0.25) is 5.91 Å². The molecule has 0 aliphatic carbocycles. The zero-order valence-corrected chi connectivity index (χ0v) is 19.8. The van der Waals surface area contributed by atoms with Crippen LogP contribution in [0.3, 0.4) is 0 Å². The van der Waals surface area contributed by atoms with Crippen molar-refractivity contribution in [3.8, 4) is 5.75 Å². The largest absolute Gasteiger partial charge is 0.494 e. The summed E-state index contributed by atoms with van der Waals surface area (Å²) in [7, 11) is 0. The van der Waals surface area contributed by atoms with Gasteiger partial charge >= 0.3 is 0 Å². The molecular formula is C25H23BrClN3O2. The van der Waals surface area contributed by atoms with Crippen LogP contribution < -0.4 is 20.5 Å². The Labute approximate surface area is 200 Å². The minimum absolute atomic E-state index is 0.00901. The number of ether oxygens (including phenoxy) is 1. The lowest BCUT2D eigenvalue weighted by molar-refractivity contribution is -0.119. The number of nitrogens with one attached hydrogen (secondary N) is 2. The van der Waals surface area contributed by atoms with Crippen molar-refractivity contribution in [2.45, 2.75) is 25.0 Å². The molecule has 164 valence electrons. The molecule has 32 heavy (non-hydrogen) atoms. The van der Waals surface area contributed by atoms with E-state index < -0.39 is 0 Å². The minimum Gasteiger partial charge on any atom is -0.494 e. The van der Waals surface area contributed by atoms with Crippen molar-refractivity contribution in [3.63, 3.8) is 0 Å². The number of benzene rings is 3. The summed E-state index contributed by atoms with van der Waals surface area (Å²) in [5.74, 6) is 0.885. The summed E-state index contributed by atoms with van der Waals surface area (Å²) in [5, 5.41) is 0.676. The second kappa shape index (κ2) is 8.87. The molecule has 0 spiro atoms. The van der Waals surface area contributed by atoms with Crippen LogP contribution in [-0.2, 0) is 4.79 Å². The Morgan fingerprint density at radius 1 is 0.906 bits per heavy atom. The van der Waals surface area contributed by atoms with E-state index in [1.54, 1.807) is 0 Å². The second-order valence-electron chi connectivity index (χ2n) is 8.00. The molecule has 3 aromatic carbocycles. The van der Waals surface area contributed by atoms with E-state index in [1.165, 1.54) is 0 Å². The molecule has 0 bridgehead atoms. The van der Waals surface area contributed by atoms with E-state index in [2.05, 4.69) is 38.9 Å². The maximum atomic E-state index is 13.6. The first-order chi connectivity index (χ1) is 15.6. The Morgan fingerprint density at radius 3 is 2.19 bits per heavy atom. The molecule has 0 radical (unpaired) electrons. The molecule has 5 rings (SSSR count). The maximum Gasteiger partial charge on any atom is 0.246 e. The Kier molecular flexibility index (Phi) is 5.95. The summed E-state index contributed by atoms with van der Waals surface area (Å²) in [4.78, 5) is 15.5. The fourth-order valence-electron chi connectivity index (χ4n) is 4.78. The van der Waals surface area contributed by atoms with E-state index in [0.717, 1.165) is 27.0 Å². The van der Waals surface area contributed by atoms with Crippen LogP contribution in [0.4, 0.5) is 5.69 Å². The first kappa shape index (κ1) is 21.5. The highest BCUT2D eigenvalue weighted by Gasteiger charge is 2.55. The van der Waals surface area contributed by atoms with Gasteiger partial charge in [-0.3, -0.25) is 4.79 Å². The van der Waals surface area contributed by atoms with E-state index >= 15 is 0 Å². The third kappa shape index (κ3) is 3.82. The van der Waals surface area contributed by atoms with E-state index in [1.807, 2.05) is 72.5 Å². The number of fused-ring (bicyclic) bond motifs is 1. The van der Waals surface area contributed by atoms with E-state index in [9.17, 15) is 4.79 Å². The van der Waals surface area contributed by atoms with Gasteiger partial charge in [0.25, 0.3) is 0 Å². The maximum absolute atomic E-state index is 13.6. The fraction of sp³-hybridized carbons (Fsp3) is 0.240. The average molecular weight is 513 g/mol. The van der Waals surface area contributed by atoms with Gasteiger partial charge in [-0.25, -0.2) is 10.9 Å². The normalized spacial score (nSPS) is 24.6. The molecule has 0 saturated carbocycles. The number of nitrogens with zero attached hydrogens (tertiary/aromatic N) is 1. The summed E-state index contributed by atoms with van der Waals surface area (Å²) in [5.41, 5.74) is 9.69. The number of carbonyl (C=O) groups excluding carboxylic acids is 1. The predicted molar refractivity (Wildman–Crippen MR) is 130 cm³/mol. The number of halogens is 2. The molecule has 2 aliphatic rings. The molecule has 0 aromatic heterocycles. The third-order valence-electron chi connectivity index (χ3n) is 6.18. The highest BCUT2D eigenvalue weighted by Crippen LogP contribution is 2.49. The lowest BCUT2D eigenvalue weighted by Gasteiger charge is -2.31. The molecule has 2 fully saturated rings. The molecule has 2 heterocycles. The Balaban J connectivity index is 1.57. The van der Waals surface area contributed by atoms with Crippen molar-refractivity contribution < 1.29 is 9.53 Å². The second-order valence-corrected chi connectivity index (χ2v) is 9.36. The zero-order valence-electron chi connectivity index (χ0n) is 17.5. The van der Waals surface area contributed by atoms with Gasteiger partial charge in [-0.15, -0.1) is 0 Å². The predicted octanol–water partition coefficient (Wildman–Crippen LogP) is 5.42. The summed E-state index contributed by atoms with van der Waals surface area (Å²) in [6, 6.07) is 23.3. The summed E-state index contributed by atoms with van der Waals surface area (Å²) < 4.78 is 6.57. The highest BCUT2D eigenvalue weighted by atomic mass is 79.9. The third-order valence-corrected chi connectivity index (χ3v) is 6.96. The van der Waals surface area contributed by atoms with Crippen LogP contribution in [0, 0.1) is 5.92 Å². The number of rotatable bonds is 5. The Bertz CT molecular complexity index is 1110. The lowest BCUT2D eigenvalue weighted by atomic mass is 9.83. The summed E-state index contributed by atoms with van der Waals surface area (Å²) in [6.45, 7) is 2.60. The van der Waals surface area contributed by atoms with Gasteiger partial charge in [0.15, 0.2) is 0 Å². The number of hydrogen-bond donors (Lipinski definition) is 2. The molecule has 2 saturated heterocycles. The van der Waals surface area contributed by atoms with E-state index in [-0.39, 0.29) is 30.0 Å². The molecule has 2 N–H and O–H groups in total. The van der Waals surface area contributed by atoms with Gasteiger partial charge in [0.1, 0.15) is 11.8 Å².